The van der Waals surface area contributed by atoms with E-state index in [1.54, 1.807) is 4.90 Å². The van der Waals surface area contributed by atoms with Crippen LogP contribution in [0.1, 0.15) is 22.7 Å². The average molecular weight is 285 g/mol. The highest BCUT2D eigenvalue weighted by Gasteiger charge is 2.30. The monoisotopic (exact) mass is 285 g/mol. The van der Waals surface area contributed by atoms with Crippen molar-refractivity contribution >= 4 is 5.91 Å². The van der Waals surface area contributed by atoms with Crippen LogP contribution < -0.4 is 4.74 Å². The molecule has 106 valence electrons. The smallest absolute Gasteiger partial charge is 0.292 e. The van der Waals surface area contributed by atoms with E-state index >= 15 is 0 Å². The molecule has 21 heavy (non-hydrogen) atoms. The number of carbonyl (C=O) groups is 1. The summed E-state index contributed by atoms with van der Waals surface area (Å²) in [6.07, 6.45) is 4.75. The van der Waals surface area contributed by atoms with Crippen LogP contribution in [-0.4, -0.2) is 45.1 Å². The van der Waals surface area contributed by atoms with Gasteiger partial charge in [-0.2, -0.15) is 5.26 Å². The number of ether oxygens (including phenoxy) is 1. The predicted molar refractivity (Wildman–Crippen MR) is 68.2 cm³/mol. The maximum atomic E-state index is 12.1. The number of amides is 1. The van der Waals surface area contributed by atoms with Gasteiger partial charge in [-0.1, -0.05) is 5.16 Å². The molecule has 0 unspecified atom stereocenters. The first kappa shape index (κ1) is 13.1. The number of likely N-dealkylation sites (tertiary alicyclic amines) is 1. The average Bonchev–Trinajstić information content (AvgIpc) is 3.19. The Morgan fingerprint density at radius 2 is 2.29 bits per heavy atom. The molecule has 0 N–H and O–H groups in total. The molecule has 0 aromatic carbocycles. The van der Waals surface area contributed by atoms with Crippen LogP contribution in [0.3, 0.4) is 0 Å². The van der Waals surface area contributed by atoms with Crippen LogP contribution in [0, 0.1) is 11.3 Å². The number of hydrogen-bond acceptors (Lipinski definition) is 7. The van der Waals surface area contributed by atoms with Gasteiger partial charge >= 0.3 is 0 Å². The van der Waals surface area contributed by atoms with Crippen molar-refractivity contribution in [1.29, 1.82) is 5.26 Å². The number of carbonyl (C=O) groups excluding carboxylic acids is 1. The first-order chi connectivity index (χ1) is 10.3. The van der Waals surface area contributed by atoms with Crippen molar-refractivity contribution in [3.8, 4) is 11.9 Å². The van der Waals surface area contributed by atoms with Crippen LogP contribution in [0.4, 0.5) is 0 Å². The fourth-order valence-corrected chi connectivity index (χ4v) is 2.14. The summed E-state index contributed by atoms with van der Waals surface area (Å²) in [7, 11) is 0. The molecule has 0 spiro atoms. The Bertz CT molecular complexity index is 679. The summed E-state index contributed by atoms with van der Waals surface area (Å²) in [5.41, 5.74) is 0.137. The van der Waals surface area contributed by atoms with Crippen molar-refractivity contribution in [3.63, 3.8) is 0 Å². The van der Waals surface area contributed by atoms with E-state index in [1.165, 1.54) is 24.7 Å². The van der Waals surface area contributed by atoms with E-state index in [2.05, 4.69) is 15.1 Å². The molecule has 3 heterocycles. The number of rotatable bonds is 3. The summed E-state index contributed by atoms with van der Waals surface area (Å²) in [5, 5.41) is 12.5. The van der Waals surface area contributed by atoms with Gasteiger partial charge in [0.15, 0.2) is 0 Å². The SMILES string of the molecule is N#Cc1nccnc1O[C@H]1CCN(C(=O)c2ccno2)C1. The normalized spacial score (nSPS) is 17.5. The zero-order valence-corrected chi connectivity index (χ0v) is 11.0. The van der Waals surface area contributed by atoms with Gasteiger partial charge in [-0.05, 0) is 0 Å². The Morgan fingerprint density at radius 3 is 3.05 bits per heavy atom. The molecule has 1 aliphatic rings. The number of nitrogens with zero attached hydrogens (tertiary/aromatic N) is 5. The lowest BCUT2D eigenvalue weighted by Crippen LogP contribution is -2.30. The highest BCUT2D eigenvalue weighted by atomic mass is 16.5. The molecule has 0 aliphatic carbocycles. The Balaban J connectivity index is 1.65. The van der Waals surface area contributed by atoms with Gasteiger partial charge < -0.3 is 14.2 Å². The second-order valence-corrected chi connectivity index (χ2v) is 4.48. The van der Waals surface area contributed by atoms with Crippen LogP contribution in [-0.2, 0) is 0 Å². The minimum atomic E-state index is -0.224. The van der Waals surface area contributed by atoms with Gasteiger partial charge in [0.05, 0.1) is 12.7 Å². The minimum absolute atomic E-state index is 0.137. The minimum Gasteiger partial charge on any atom is -0.470 e. The second-order valence-electron chi connectivity index (χ2n) is 4.48. The largest absolute Gasteiger partial charge is 0.470 e. The number of nitriles is 1. The third kappa shape index (κ3) is 2.67. The van der Waals surface area contributed by atoms with E-state index in [0.717, 1.165) is 0 Å². The highest BCUT2D eigenvalue weighted by molar-refractivity contribution is 5.91. The molecule has 1 atom stereocenters. The summed E-state index contributed by atoms with van der Waals surface area (Å²) in [4.78, 5) is 21.6. The molecular formula is C13H11N5O3. The number of hydrogen-bond donors (Lipinski definition) is 0. The summed E-state index contributed by atoms with van der Waals surface area (Å²) in [5.74, 6) is 0.171. The van der Waals surface area contributed by atoms with Crippen LogP contribution in [0.2, 0.25) is 0 Å². The maximum absolute atomic E-state index is 12.1. The summed E-state index contributed by atoms with van der Waals surface area (Å²) in [6.45, 7) is 0.952. The molecule has 3 rings (SSSR count). The highest BCUT2D eigenvalue weighted by Crippen LogP contribution is 2.19. The van der Waals surface area contributed by atoms with Crippen LogP contribution in [0.25, 0.3) is 0 Å². The van der Waals surface area contributed by atoms with Crippen LogP contribution in [0.15, 0.2) is 29.2 Å². The lowest BCUT2D eigenvalue weighted by atomic mass is 10.3. The van der Waals surface area contributed by atoms with Gasteiger partial charge in [0.1, 0.15) is 12.2 Å². The van der Waals surface area contributed by atoms with Gasteiger partial charge in [-0.3, -0.25) is 4.79 Å². The Kier molecular flexibility index (Phi) is 3.47. The van der Waals surface area contributed by atoms with E-state index in [4.69, 9.17) is 14.5 Å². The van der Waals surface area contributed by atoms with Crippen LogP contribution in [0.5, 0.6) is 5.88 Å². The van der Waals surface area contributed by atoms with E-state index in [1.807, 2.05) is 6.07 Å². The molecule has 2 aromatic rings. The van der Waals surface area contributed by atoms with Crippen molar-refractivity contribution in [2.24, 2.45) is 0 Å². The van der Waals surface area contributed by atoms with Gasteiger partial charge in [-0.15, -0.1) is 0 Å². The Labute approximate surface area is 120 Å². The van der Waals surface area contributed by atoms with E-state index < -0.39 is 0 Å². The first-order valence-electron chi connectivity index (χ1n) is 6.35. The molecule has 2 aromatic heterocycles. The Hall–Kier alpha value is -2.95. The Morgan fingerprint density at radius 1 is 1.43 bits per heavy atom. The van der Waals surface area contributed by atoms with Gasteiger partial charge in [0.25, 0.3) is 11.8 Å². The molecule has 8 nitrogen and oxygen atoms in total. The van der Waals surface area contributed by atoms with E-state index in [9.17, 15) is 4.79 Å². The fraction of sp³-hybridized carbons (Fsp3) is 0.308. The van der Waals surface area contributed by atoms with E-state index in [0.29, 0.717) is 19.5 Å². The van der Waals surface area contributed by atoms with E-state index in [-0.39, 0.29) is 29.3 Å². The fourth-order valence-electron chi connectivity index (χ4n) is 2.14. The molecule has 1 fully saturated rings. The molecule has 1 aliphatic heterocycles. The molecule has 0 saturated carbocycles. The predicted octanol–water partition coefficient (Wildman–Crippen LogP) is 0.630. The molecule has 1 amide bonds. The van der Waals surface area contributed by atoms with Crippen molar-refractivity contribution < 1.29 is 14.1 Å². The molecule has 1 saturated heterocycles. The second kappa shape index (κ2) is 5.58. The summed E-state index contributed by atoms with van der Waals surface area (Å²) >= 11 is 0. The standard InChI is InChI=1S/C13H11N5O3/c14-7-10-12(16-5-4-15-10)20-9-2-6-18(8-9)13(19)11-1-3-17-21-11/h1,3-5,9H,2,6,8H2/t9-/m0/s1. The topological polar surface area (TPSA) is 105 Å². The van der Waals surface area contributed by atoms with Crippen molar-refractivity contribution in [2.45, 2.75) is 12.5 Å². The zero-order valence-electron chi connectivity index (χ0n) is 11.0. The molecule has 0 bridgehead atoms. The maximum Gasteiger partial charge on any atom is 0.292 e. The summed E-state index contributed by atoms with van der Waals surface area (Å²) < 4.78 is 10.5. The first-order valence-corrected chi connectivity index (χ1v) is 6.35. The van der Waals surface area contributed by atoms with Gasteiger partial charge in [-0.25, -0.2) is 9.97 Å². The summed E-state index contributed by atoms with van der Waals surface area (Å²) in [6, 6.07) is 3.44. The van der Waals surface area contributed by atoms with Crippen molar-refractivity contribution in [3.05, 3.63) is 36.1 Å². The van der Waals surface area contributed by atoms with Crippen molar-refractivity contribution in [1.82, 2.24) is 20.0 Å². The van der Waals surface area contributed by atoms with Gasteiger partial charge in [0.2, 0.25) is 11.5 Å². The molecule has 0 radical (unpaired) electrons. The lowest BCUT2D eigenvalue weighted by Gasteiger charge is -2.15. The molecule has 8 heteroatoms. The quantitative estimate of drug-likeness (QED) is 0.814. The number of aromatic nitrogens is 3. The third-order valence-electron chi connectivity index (χ3n) is 3.13. The third-order valence-corrected chi connectivity index (χ3v) is 3.13. The zero-order chi connectivity index (χ0) is 14.7. The van der Waals surface area contributed by atoms with Crippen molar-refractivity contribution in [2.75, 3.05) is 13.1 Å². The lowest BCUT2D eigenvalue weighted by molar-refractivity contribution is 0.0730. The van der Waals surface area contributed by atoms with Crippen LogP contribution >= 0.6 is 0 Å². The molecular weight excluding hydrogens is 274 g/mol. The van der Waals surface area contributed by atoms with Gasteiger partial charge in [0, 0.05) is 31.4 Å².